The van der Waals surface area contributed by atoms with Crippen molar-refractivity contribution in [1.29, 1.82) is 0 Å². The van der Waals surface area contributed by atoms with Crippen LogP contribution in [0.5, 0.6) is 0 Å². The molecule has 0 spiro atoms. The number of halogens is 1. The van der Waals surface area contributed by atoms with Gasteiger partial charge in [-0.25, -0.2) is 9.97 Å². The molecule has 2 heterocycles. The lowest BCUT2D eigenvalue weighted by Crippen LogP contribution is -2.27. The number of carbonyl (C=O) groups is 1. The quantitative estimate of drug-likeness (QED) is 0.337. The molecule has 3 aromatic rings. The maximum absolute atomic E-state index is 13.1. The molecule has 0 saturated carbocycles. The van der Waals surface area contributed by atoms with Gasteiger partial charge in [0, 0.05) is 36.2 Å². The summed E-state index contributed by atoms with van der Waals surface area (Å²) < 4.78 is 1.75. The van der Waals surface area contributed by atoms with E-state index < -0.39 is 0 Å². The van der Waals surface area contributed by atoms with Gasteiger partial charge >= 0.3 is 0 Å². The van der Waals surface area contributed by atoms with Gasteiger partial charge in [-0.05, 0) is 37.5 Å². The Morgan fingerprint density at radius 1 is 1.33 bits per heavy atom. The highest BCUT2D eigenvalue weighted by Crippen LogP contribution is 2.27. The maximum atomic E-state index is 13.1. The molecule has 160 valence electrons. The number of thiazole rings is 1. The van der Waals surface area contributed by atoms with Gasteiger partial charge in [-0.2, -0.15) is 0 Å². The number of aromatic nitrogens is 3. The average Bonchev–Trinajstić information content (AvgIpc) is 3.14. The van der Waals surface area contributed by atoms with Gasteiger partial charge in [0.15, 0.2) is 10.3 Å². The molecule has 30 heavy (non-hydrogen) atoms. The standard InChI is InChI=1S/C21H25ClN4O2S2/c1-5-25(14(4)27)20-23-16(11-29-20)12-30-21-24-18-10-15(22)6-7-17(18)19(28)26(21)9-8-13(2)3/h6-7,10-11,13H,5,8-9,12H2,1-4H3. The molecule has 2 aromatic heterocycles. The highest BCUT2D eigenvalue weighted by atomic mass is 35.5. The van der Waals surface area contributed by atoms with E-state index in [9.17, 15) is 9.59 Å². The highest BCUT2D eigenvalue weighted by Gasteiger charge is 2.16. The predicted molar refractivity (Wildman–Crippen MR) is 126 cm³/mol. The normalized spacial score (nSPS) is 11.4. The summed E-state index contributed by atoms with van der Waals surface area (Å²) in [5, 5.41) is 4.42. The van der Waals surface area contributed by atoms with Crippen LogP contribution in [0.4, 0.5) is 5.13 Å². The molecule has 9 heteroatoms. The first-order valence-electron chi connectivity index (χ1n) is 9.85. The zero-order chi connectivity index (χ0) is 21.8. The van der Waals surface area contributed by atoms with Gasteiger partial charge < -0.3 is 0 Å². The molecular weight excluding hydrogens is 440 g/mol. The second-order valence-electron chi connectivity index (χ2n) is 7.37. The Kier molecular flexibility index (Phi) is 7.55. The first-order chi connectivity index (χ1) is 14.3. The van der Waals surface area contributed by atoms with Gasteiger partial charge in [-0.3, -0.25) is 19.1 Å². The first kappa shape index (κ1) is 22.8. The minimum Gasteiger partial charge on any atom is -0.289 e. The monoisotopic (exact) mass is 464 g/mol. The number of thioether (sulfide) groups is 1. The van der Waals surface area contributed by atoms with Crippen LogP contribution < -0.4 is 10.5 Å². The van der Waals surface area contributed by atoms with Crippen LogP contribution in [0.2, 0.25) is 5.02 Å². The predicted octanol–water partition coefficient (Wildman–Crippen LogP) is 5.22. The van der Waals surface area contributed by atoms with E-state index in [1.165, 1.54) is 30.0 Å². The van der Waals surface area contributed by atoms with Crippen molar-refractivity contribution >= 4 is 56.6 Å². The SMILES string of the molecule is CCN(C(C)=O)c1nc(CSc2nc3cc(Cl)ccc3c(=O)n2CCC(C)C)cs1. The van der Waals surface area contributed by atoms with E-state index in [0.29, 0.717) is 51.0 Å². The summed E-state index contributed by atoms with van der Waals surface area (Å²) in [6, 6.07) is 5.18. The van der Waals surface area contributed by atoms with Crippen molar-refractivity contribution in [2.45, 2.75) is 51.6 Å². The van der Waals surface area contributed by atoms with Crippen LogP contribution in [0.1, 0.15) is 39.8 Å². The summed E-state index contributed by atoms with van der Waals surface area (Å²) in [5.41, 5.74) is 1.41. The minimum atomic E-state index is -0.0486. The van der Waals surface area contributed by atoms with Crippen molar-refractivity contribution in [2.75, 3.05) is 11.4 Å². The van der Waals surface area contributed by atoms with Gasteiger partial charge in [0.05, 0.1) is 16.6 Å². The van der Waals surface area contributed by atoms with Crippen molar-refractivity contribution in [1.82, 2.24) is 14.5 Å². The van der Waals surface area contributed by atoms with Gasteiger partial charge in [-0.1, -0.05) is 37.2 Å². The number of nitrogens with zero attached hydrogens (tertiary/aromatic N) is 4. The van der Waals surface area contributed by atoms with E-state index >= 15 is 0 Å². The molecule has 3 rings (SSSR count). The largest absolute Gasteiger partial charge is 0.289 e. The van der Waals surface area contributed by atoms with E-state index in [2.05, 4.69) is 18.8 Å². The average molecular weight is 465 g/mol. The molecule has 0 bridgehead atoms. The molecule has 1 aromatic carbocycles. The molecule has 0 aliphatic rings. The minimum absolute atomic E-state index is 0.0262. The molecule has 1 amide bonds. The Morgan fingerprint density at radius 2 is 2.10 bits per heavy atom. The topological polar surface area (TPSA) is 68.1 Å². The van der Waals surface area contributed by atoms with Crippen LogP contribution in [-0.4, -0.2) is 27.0 Å². The third-order valence-electron chi connectivity index (χ3n) is 4.63. The second-order valence-corrected chi connectivity index (χ2v) is 9.58. The number of benzene rings is 1. The zero-order valence-corrected chi connectivity index (χ0v) is 19.9. The summed E-state index contributed by atoms with van der Waals surface area (Å²) in [7, 11) is 0. The van der Waals surface area contributed by atoms with Gasteiger partial charge in [0.25, 0.3) is 5.56 Å². The first-order valence-corrected chi connectivity index (χ1v) is 12.1. The third-order valence-corrected chi connectivity index (χ3v) is 6.79. The molecule has 0 fully saturated rings. The van der Waals surface area contributed by atoms with Gasteiger partial charge in [0.1, 0.15) is 0 Å². The van der Waals surface area contributed by atoms with Crippen LogP contribution in [0.25, 0.3) is 10.9 Å². The molecular formula is C21H25ClN4O2S2. The third kappa shape index (κ3) is 5.22. The lowest BCUT2D eigenvalue weighted by molar-refractivity contribution is -0.116. The van der Waals surface area contributed by atoms with Crippen molar-refractivity contribution in [3.05, 3.63) is 44.6 Å². The number of rotatable bonds is 8. The molecule has 0 radical (unpaired) electrons. The number of hydrogen-bond acceptors (Lipinski definition) is 6. The number of fused-ring (bicyclic) bond motifs is 1. The van der Waals surface area contributed by atoms with E-state index in [1.807, 2.05) is 12.3 Å². The van der Waals surface area contributed by atoms with Crippen molar-refractivity contribution in [2.24, 2.45) is 5.92 Å². The summed E-state index contributed by atoms with van der Waals surface area (Å²) in [6.45, 7) is 8.93. The summed E-state index contributed by atoms with van der Waals surface area (Å²) in [6.07, 6.45) is 0.888. The summed E-state index contributed by atoms with van der Waals surface area (Å²) >= 11 is 9.04. The second kappa shape index (κ2) is 9.94. The summed E-state index contributed by atoms with van der Waals surface area (Å²) in [4.78, 5) is 35.8. The Bertz CT molecular complexity index is 1110. The van der Waals surface area contributed by atoms with E-state index in [4.69, 9.17) is 16.6 Å². The lowest BCUT2D eigenvalue weighted by atomic mass is 10.1. The number of anilines is 1. The molecule has 6 nitrogen and oxygen atoms in total. The Hall–Kier alpha value is -1.90. The molecule has 0 aliphatic carbocycles. The number of amides is 1. The number of hydrogen-bond donors (Lipinski definition) is 0. The fourth-order valence-electron chi connectivity index (χ4n) is 2.99. The van der Waals surface area contributed by atoms with Crippen molar-refractivity contribution in [3.63, 3.8) is 0 Å². The van der Waals surface area contributed by atoms with Crippen LogP contribution in [0.15, 0.2) is 33.5 Å². The highest BCUT2D eigenvalue weighted by molar-refractivity contribution is 7.98. The molecule has 0 saturated heterocycles. The smallest absolute Gasteiger partial charge is 0.262 e. The Labute approximate surface area is 189 Å². The van der Waals surface area contributed by atoms with Crippen LogP contribution in [0.3, 0.4) is 0 Å². The van der Waals surface area contributed by atoms with Crippen molar-refractivity contribution in [3.8, 4) is 0 Å². The summed E-state index contributed by atoms with van der Waals surface area (Å²) in [5.74, 6) is 1.01. The number of carbonyl (C=O) groups excluding carboxylic acids is 1. The fraction of sp³-hybridized carbons (Fsp3) is 0.429. The van der Waals surface area contributed by atoms with Crippen LogP contribution >= 0.6 is 34.7 Å². The molecule has 0 aliphatic heterocycles. The Balaban J connectivity index is 1.90. The Morgan fingerprint density at radius 3 is 2.77 bits per heavy atom. The van der Waals surface area contributed by atoms with E-state index in [1.54, 1.807) is 27.7 Å². The molecule has 0 N–H and O–H groups in total. The van der Waals surface area contributed by atoms with E-state index in [0.717, 1.165) is 12.1 Å². The van der Waals surface area contributed by atoms with Gasteiger partial charge in [-0.15, -0.1) is 11.3 Å². The molecule has 0 atom stereocenters. The van der Waals surface area contributed by atoms with Crippen LogP contribution in [0, 0.1) is 5.92 Å². The fourth-order valence-corrected chi connectivity index (χ4v) is 5.11. The van der Waals surface area contributed by atoms with E-state index in [-0.39, 0.29) is 11.5 Å². The zero-order valence-electron chi connectivity index (χ0n) is 17.5. The lowest BCUT2D eigenvalue weighted by Gasteiger charge is -2.15. The van der Waals surface area contributed by atoms with Crippen molar-refractivity contribution < 1.29 is 4.79 Å². The van der Waals surface area contributed by atoms with Gasteiger partial charge in [0.2, 0.25) is 5.91 Å². The maximum Gasteiger partial charge on any atom is 0.262 e. The molecule has 0 unspecified atom stereocenters. The van der Waals surface area contributed by atoms with Crippen LogP contribution in [-0.2, 0) is 17.1 Å².